The maximum atomic E-state index is 12.9. The third-order valence-corrected chi connectivity index (χ3v) is 5.59. The summed E-state index contributed by atoms with van der Waals surface area (Å²) in [6, 6.07) is 24.3. The van der Waals surface area contributed by atoms with Gasteiger partial charge in [0.2, 0.25) is 5.95 Å². The summed E-state index contributed by atoms with van der Waals surface area (Å²) in [5.41, 5.74) is 3.31. The van der Waals surface area contributed by atoms with Crippen LogP contribution >= 0.6 is 24.0 Å². The van der Waals surface area contributed by atoms with E-state index in [1.54, 1.807) is 28.9 Å². The second-order valence-corrected chi connectivity index (χ2v) is 7.86. The first-order chi connectivity index (χ1) is 16.1. The lowest BCUT2D eigenvalue weighted by Crippen LogP contribution is -2.20. The van der Waals surface area contributed by atoms with Crippen molar-refractivity contribution in [1.29, 1.82) is 0 Å². The molecule has 0 radical (unpaired) electrons. The highest BCUT2D eigenvalue weighted by Gasteiger charge is 2.26. The number of carbonyl (C=O) groups excluding carboxylic acids is 1. The Morgan fingerprint density at radius 1 is 1.03 bits per heavy atom. The fourth-order valence-electron chi connectivity index (χ4n) is 3.73. The Bertz CT molecular complexity index is 1340. The molecule has 1 atom stereocenters. The number of hydrogen-bond donors (Lipinski definition) is 2. The van der Waals surface area contributed by atoms with Crippen molar-refractivity contribution in [2.75, 3.05) is 17.7 Å². The van der Waals surface area contributed by atoms with Crippen molar-refractivity contribution in [3.05, 3.63) is 107 Å². The van der Waals surface area contributed by atoms with Gasteiger partial charge in [-0.2, -0.15) is 4.98 Å². The molecule has 0 saturated carbocycles. The Balaban J connectivity index is 0.00000274. The summed E-state index contributed by atoms with van der Waals surface area (Å²) in [6.07, 6.45) is 2.08. The first kappa shape index (κ1) is 23.4. The molecule has 3 aromatic carbocycles. The number of carbonyl (C=O) groups is 1. The molecule has 34 heavy (non-hydrogen) atoms. The molecule has 0 fully saturated rings. The molecule has 1 aliphatic rings. The fraction of sp³-hybridized carbons (Fsp3) is 0.0800. The maximum Gasteiger partial charge on any atom is 0.261 e. The third kappa shape index (κ3) is 4.62. The molecule has 2 N–H and O–H groups in total. The van der Waals surface area contributed by atoms with E-state index in [9.17, 15) is 4.79 Å². The summed E-state index contributed by atoms with van der Waals surface area (Å²) in [7, 11) is 1.52. The van der Waals surface area contributed by atoms with E-state index in [2.05, 4.69) is 26.8 Å². The van der Waals surface area contributed by atoms with Gasteiger partial charge >= 0.3 is 0 Å². The molecule has 1 aliphatic heterocycles. The number of hydrogen-bond acceptors (Lipinski definition) is 5. The lowest BCUT2D eigenvalue weighted by molar-refractivity contribution is 0.102. The Labute approximate surface area is 207 Å². The van der Waals surface area contributed by atoms with E-state index in [4.69, 9.17) is 16.3 Å². The predicted molar refractivity (Wildman–Crippen MR) is 136 cm³/mol. The van der Waals surface area contributed by atoms with E-state index < -0.39 is 0 Å². The van der Waals surface area contributed by atoms with E-state index >= 15 is 0 Å². The van der Waals surface area contributed by atoms with Gasteiger partial charge in [0.05, 0.1) is 12.7 Å². The van der Waals surface area contributed by atoms with Crippen LogP contribution in [0.25, 0.3) is 5.70 Å². The van der Waals surface area contributed by atoms with Crippen LogP contribution in [-0.4, -0.2) is 27.8 Å². The van der Waals surface area contributed by atoms with Gasteiger partial charge in [-0.25, -0.2) is 4.68 Å². The fourth-order valence-corrected chi connectivity index (χ4v) is 3.86. The van der Waals surface area contributed by atoms with Crippen molar-refractivity contribution in [3.63, 3.8) is 0 Å². The van der Waals surface area contributed by atoms with Gasteiger partial charge in [0, 0.05) is 10.7 Å². The molecule has 1 unspecified atom stereocenters. The Morgan fingerprint density at radius 3 is 2.47 bits per heavy atom. The molecular weight excluding hydrogens is 473 g/mol. The number of benzene rings is 3. The van der Waals surface area contributed by atoms with Crippen molar-refractivity contribution in [3.8, 4) is 5.75 Å². The number of anilines is 2. The monoisotopic (exact) mass is 493 g/mol. The van der Waals surface area contributed by atoms with Gasteiger partial charge in [-0.05, 0) is 41.5 Å². The Hall–Kier alpha value is -3.81. The van der Waals surface area contributed by atoms with Crippen molar-refractivity contribution in [2.24, 2.45) is 0 Å². The molecule has 9 heteroatoms. The zero-order chi connectivity index (χ0) is 22.8. The molecule has 1 aromatic heterocycles. The lowest BCUT2D eigenvalue weighted by atomic mass is 10.0. The number of nitrogens with one attached hydrogen (secondary N) is 2. The van der Waals surface area contributed by atoms with Gasteiger partial charge in [0.15, 0.2) is 0 Å². The number of allylic oxidation sites excluding steroid dienone is 1. The second-order valence-electron chi connectivity index (χ2n) is 7.43. The zero-order valence-electron chi connectivity index (χ0n) is 18.1. The Morgan fingerprint density at radius 2 is 1.74 bits per heavy atom. The number of aromatic nitrogens is 3. The van der Waals surface area contributed by atoms with Crippen molar-refractivity contribution < 1.29 is 9.53 Å². The van der Waals surface area contributed by atoms with Crippen LogP contribution in [-0.2, 0) is 0 Å². The molecule has 0 aliphatic carbocycles. The number of para-hydroxylation sites is 1. The SMILES string of the molecule is COc1ccccc1C(=O)Nc1nc2n(n1)C(c1ccc(Cl)cc1)C=C(c1ccccc1)N2.Cl. The highest BCUT2D eigenvalue weighted by Crippen LogP contribution is 2.33. The number of halogens is 2. The molecule has 5 rings (SSSR count). The number of methoxy groups -OCH3 is 1. The smallest absolute Gasteiger partial charge is 0.261 e. The van der Waals surface area contributed by atoms with E-state index in [0.717, 1.165) is 16.8 Å². The summed E-state index contributed by atoms with van der Waals surface area (Å²) in [5, 5.41) is 11.3. The predicted octanol–water partition coefficient (Wildman–Crippen LogP) is 5.67. The molecule has 4 aromatic rings. The Kier molecular flexibility index (Phi) is 6.86. The van der Waals surface area contributed by atoms with Gasteiger partial charge in [-0.15, -0.1) is 17.5 Å². The average Bonchev–Trinajstić information content (AvgIpc) is 3.26. The minimum atomic E-state index is -0.352. The lowest BCUT2D eigenvalue weighted by Gasteiger charge is -2.24. The molecule has 0 bridgehead atoms. The van der Waals surface area contributed by atoms with Gasteiger partial charge in [0.1, 0.15) is 11.8 Å². The van der Waals surface area contributed by atoms with Crippen molar-refractivity contribution in [1.82, 2.24) is 14.8 Å². The third-order valence-electron chi connectivity index (χ3n) is 5.34. The average molecular weight is 494 g/mol. The van der Waals surface area contributed by atoms with Crippen LogP contribution in [0.15, 0.2) is 84.9 Å². The van der Waals surface area contributed by atoms with Crippen LogP contribution in [0.3, 0.4) is 0 Å². The summed E-state index contributed by atoms with van der Waals surface area (Å²) >= 11 is 6.10. The topological polar surface area (TPSA) is 81.1 Å². The van der Waals surface area contributed by atoms with Crippen LogP contribution in [0, 0.1) is 0 Å². The summed E-state index contributed by atoms with van der Waals surface area (Å²) in [5.74, 6) is 0.834. The van der Waals surface area contributed by atoms with E-state index in [1.807, 2.05) is 54.6 Å². The highest BCUT2D eigenvalue weighted by atomic mass is 35.5. The summed E-state index contributed by atoms with van der Waals surface area (Å²) in [6.45, 7) is 0. The zero-order valence-corrected chi connectivity index (χ0v) is 19.7. The number of nitrogens with zero attached hydrogens (tertiary/aromatic N) is 3. The van der Waals surface area contributed by atoms with Crippen LogP contribution in [0.2, 0.25) is 5.02 Å². The normalized spacial score (nSPS) is 14.2. The van der Waals surface area contributed by atoms with E-state index in [1.165, 1.54) is 7.11 Å². The maximum absolute atomic E-state index is 12.9. The molecule has 1 amide bonds. The first-order valence-corrected chi connectivity index (χ1v) is 10.7. The quantitative estimate of drug-likeness (QED) is 0.374. The molecule has 0 saturated heterocycles. The number of rotatable bonds is 5. The molecule has 7 nitrogen and oxygen atoms in total. The van der Waals surface area contributed by atoms with Gasteiger partial charge in [-0.1, -0.05) is 66.2 Å². The summed E-state index contributed by atoms with van der Waals surface area (Å²) < 4.78 is 7.04. The second kappa shape index (κ2) is 9.99. The highest BCUT2D eigenvalue weighted by molar-refractivity contribution is 6.30. The van der Waals surface area contributed by atoms with Crippen molar-refractivity contribution >= 4 is 47.5 Å². The van der Waals surface area contributed by atoms with E-state index in [0.29, 0.717) is 22.3 Å². The summed E-state index contributed by atoms with van der Waals surface area (Å²) in [4.78, 5) is 17.4. The minimum absolute atomic E-state index is 0. The van der Waals surface area contributed by atoms with Gasteiger partial charge in [-0.3, -0.25) is 10.1 Å². The van der Waals surface area contributed by atoms with Crippen LogP contribution in [0.1, 0.15) is 27.5 Å². The standard InChI is InChI=1S/C25H20ClN5O2.ClH/c1-33-22-10-6-5-9-19(22)23(32)28-24-29-25-27-20(16-7-3-2-4-8-16)15-21(31(25)30-24)17-11-13-18(26)14-12-17;/h2-15,21H,1H3,(H2,27,28,29,30,32);1H. The van der Waals surface area contributed by atoms with Crippen LogP contribution in [0.5, 0.6) is 5.75 Å². The molecular formula is C25H21Cl2N5O2. The van der Waals surface area contributed by atoms with E-state index in [-0.39, 0.29) is 30.3 Å². The number of ether oxygens (including phenoxy) is 1. The molecule has 2 heterocycles. The van der Waals surface area contributed by atoms with Crippen molar-refractivity contribution in [2.45, 2.75) is 6.04 Å². The number of fused-ring (bicyclic) bond motifs is 1. The van der Waals surface area contributed by atoms with Crippen LogP contribution < -0.4 is 15.4 Å². The largest absolute Gasteiger partial charge is 0.496 e. The number of amides is 1. The molecule has 172 valence electrons. The van der Waals surface area contributed by atoms with Crippen LogP contribution in [0.4, 0.5) is 11.9 Å². The van der Waals surface area contributed by atoms with Gasteiger partial charge < -0.3 is 10.1 Å². The van der Waals surface area contributed by atoms with Gasteiger partial charge in [0.25, 0.3) is 11.9 Å². The minimum Gasteiger partial charge on any atom is -0.496 e. The first-order valence-electron chi connectivity index (χ1n) is 10.3. The molecule has 0 spiro atoms.